The standard InChI is InChI=1S/C12H20N4O2S/c1-12(2,3)16-11(13)15-8-9-5-4-6-10(7-9)19(14,17)18/h4-7H,8H2,1-3H3,(H3,13,15,16)(H2,14,17,18). The molecular weight excluding hydrogens is 264 g/mol. The number of nitrogens with zero attached hydrogens (tertiary/aromatic N) is 1. The number of nitrogens with one attached hydrogen (secondary N) is 1. The van der Waals surface area contributed by atoms with Gasteiger partial charge in [-0.1, -0.05) is 12.1 Å². The van der Waals surface area contributed by atoms with Crippen molar-refractivity contribution in [1.82, 2.24) is 5.32 Å². The monoisotopic (exact) mass is 284 g/mol. The topological polar surface area (TPSA) is 111 Å². The average molecular weight is 284 g/mol. The number of hydrogen-bond acceptors (Lipinski definition) is 3. The molecule has 0 aliphatic heterocycles. The number of benzene rings is 1. The molecule has 106 valence electrons. The molecule has 0 aliphatic rings. The molecular formula is C12H20N4O2S. The predicted molar refractivity (Wildman–Crippen MR) is 76.0 cm³/mol. The molecule has 6 nitrogen and oxygen atoms in total. The Kier molecular flexibility index (Phi) is 4.54. The zero-order chi connectivity index (χ0) is 14.7. The second-order valence-electron chi connectivity index (χ2n) is 5.27. The Morgan fingerprint density at radius 1 is 1.37 bits per heavy atom. The molecule has 0 aromatic heterocycles. The van der Waals surface area contributed by atoms with Gasteiger partial charge in [-0.15, -0.1) is 0 Å². The zero-order valence-electron chi connectivity index (χ0n) is 11.3. The van der Waals surface area contributed by atoms with Crippen LogP contribution in [0.1, 0.15) is 26.3 Å². The molecule has 1 aromatic rings. The van der Waals surface area contributed by atoms with Crippen LogP contribution < -0.4 is 16.2 Å². The first-order chi connectivity index (χ1) is 8.58. The van der Waals surface area contributed by atoms with E-state index < -0.39 is 10.0 Å². The van der Waals surface area contributed by atoms with Gasteiger partial charge in [-0.05, 0) is 38.5 Å². The zero-order valence-corrected chi connectivity index (χ0v) is 12.2. The third kappa shape index (κ3) is 5.71. The van der Waals surface area contributed by atoms with E-state index in [4.69, 9.17) is 10.9 Å². The molecule has 0 fully saturated rings. The summed E-state index contributed by atoms with van der Waals surface area (Å²) >= 11 is 0. The molecule has 0 saturated carbocycles. The highest BCUT2D eigenvalue weighted by atomic mass is 32.2. The first-order valence-corrected chi connectivity index (χ1v) is 7.32. The molecule has 0 amide bonds. The highest BCUT2D eigenvalue weighted by Gasteiger charge is 2.10. The number of rotatable bonds is 3. The van der Waals surface area contributed by atoms with Crippen LogP contribution in [0.25, 0.3) is 0 Å². The van der Waals surface area contributed by atoms with Crippen molar-refractivity contribution in [2.75, 3.05) is 0 Å². The second kappa shape index (κ2) is 5.58. The minimum Gasteiger partial charge on any atom is -0.370 e. The van der Waals surface area contributed by atoms with Crippen LogP contribution in [-0.4, -0.2) is 19.9 Å². The van der Waals surface area contributed by atoms with Gasteiger partial charge in [0.1, 0.15) is 0 Å². The van der Waals surface area contributed by atoms with Crippen LogP contribution in [0.5, 0.6) is 0 Å². The first-order valence-electron chi connectivity index (χ1n) is 5.78. The van der Waals surface area contributed by atoms with Crippen molar-refractivity contribution >= 4 is 16.0 Å². The molecule has 0 unspecified atom stereocenters. The minimum absolute atomic E-state index is 0.0718. The molecule has 5 N–H and O–H groups in total. The molecule has 0 atom stereocenters. The molecule has 0 heterocycles. The van der Waals surface area contributed by atoms with E-state index in [1.165, 1.54) is 12.1 Å². The van der Waals surface area contributed by atoms with E-state index in [0.29, 0.717) is 5.96 Å². The van der Waals surface area contributed by atoms with Crippen molar-refractivity contribution in [3.63, 3.8) is 0 Å². The fourth-order valence-electron chi connectivity index (χ4n) is 1.42. The summed E-state index contributed by atoms with van der Waals surface area (Å²) in [4.78, 5) is 4.22. The summed E-state index contributed by atoms with van der Waals surface area (Å²) in [5.41, 5.74) is 6.28. The van der Waals surface area contributed by atoms with Gasteiger partial charge in [-0.25, -0.2) is 18.5 Å². The summed E-state index contributed by atoms with van der Waals surface area (Å²) in [6.45, 7) is 6.20. The maximum Gasteiger partial charge on any atom is 0.238 e. The Morgan fingerprint density at radius 2 is 2.00 bits per heavy atom. The maximum atomic E-state index is 11.2. The molecule has 0 spiro atoms. The molecule has 1 aromatic carbocycles. The van der Waals surface area contributed by atoms with Crippen LogP contribution in [0.3, 0.4) is 0 Å². The van der Waals surface area contributed by atoms with Gasteiger partial charge in [-0.2, -0.15) is 0 Å². The van der Waals surface area contributed by atoms with E-state index in [0.717, 1.165) is 5.56 Å². The fraction of sp³-hybridized carbons (Fsp3) is 0.417. The lowest BCUT2D eigenvalue weighted by molar-refractivity contribution is 0.508. The average Bonchev–Trinajstić information content (AvgIpc) is 2.23. The fourth-order valence-corrected chi connectivity index (χ4v) is 2.00. The number of aliphatic imine (C=N–C) groups is 1. The summed E-state index contributed by atoms with van der Waals surface area (Å²) in [6, 6.07) is 6.32. The van der Waals surface area contributed by atoms with Crippen molar-refractivity contribution in [3.05, 3.63) is 29.8 Å². The largest absolute Gasteiger partial charge is 0.370 e. The van der Waals surface area contributed by atoms with Crippen LogP contribution in [0, 0.1) is 0 Å². The van der Waals surface area contributed by atoms with Crippen molar-refractivity contribution in [2.45, 2.75) is 37.8 Å². The minimum atomic E-state index is -3.69. The van der Waals surface area contributed by atoms with E-state index in [9.17, 15) is 8.42 Å². The predicted octanol–water partition coefficient (Wildman–Crippen LogP) is 0.537. The Morgan fingerprint density at radius 3 is 2.53 bits per heavy atom. The van der Waals surface area contributed by atoms with Gasteiger partial charge in [0.25, 0.3) is 0 Å². The van der Waals surface area contributed by atoms with E-state index in [1.807, 2.05) is 20.8 Å². The summed E-state index contributed by atoms with van der Waals surface area (Å²) in [5.74, 6) is 0.313. The Labute approximate surface area is 114 Å². The summed E-state index contributed by atoms with van der Waals surface area (Å²) in [5, 5.41) is 8.08. The smallest absolute Gasteiger partial charge is 0.238 e. The quantitative estimate of drug-likeness (QED) is 0.555. The van der Waals surface area contributed by atoms with E-state index in [-0.39, 0.29) is 17.0 Å². The molecule has 0 saturated heterocycles. The van der Waals surface area contributed by atoms with Gasteiger partial charge in [0.05, 0.1) is 11.4 Å². The lowest BCUT2D eigenvalue weighted by Gasteiger charge is -2.20. The highest BCUT2D eigenvalue weighted by Crippen LogP contribution is 2.10. The van der Waals surface area contributed by atoms with Crippen molar-refractivity contribution in [1.29, 1.82) is 0 Å². The summed E-state index contributed by atoms with van der Waals surface area (Å²) in [7, 11) is -3.69. The molecule has 0 aliphatic carbocycles. The van der Waals surface area contributed by atoms with Crippen molar-refractivity contribution < 1.29 is 8.42 Å². The SMILES string of the molecule is CC(C)(C)NC(N)=NCc1cccc(S(N)(=O)=O)c1. The lowest BCUT2D eigenvalue weighted by atomic mass is 10.1. The van der Waals surface area contributed by atoms with Gasteiger partial charge in [0.2, 0.25) is 10.0 Å². The number of sulfonamides is 1. The third-order valence-electron chi connectivity index (χ3n) is 2.16. The van der Waals surface area contributed by atoms with Gasteiger partial charge in [-0.3, -0.25) is 0 Å². The summed E-state index contributed by atoms with van der Waals surface area (Å²) < 4.78 is 22.4. The van der Waals surface area contributed by atoms with Gasteiger partial charge >= 0.3 is 0 Å². The first kappa shape index (κ1) is 15.5. The lowest BCUT2D eigenvalue weighted by Crippen LogP contribution is -2.44. The number of guanidine groups is 1. The van der Waals surface area contributed by atoms with E-state index >= 15 is 0 Å². The Hall–Kier alpha value is -1.60. The molecule has 19 heavy (non-hydrogen) atoms. The van der Waals surface area contributed by atoms with Gasteiger partial charge in [0.15, 0.2) is 5.96 Å². The molecule has 1 rings (SSSR count). The van der Waals surface area contributed by atoms with Crippen LogP contribution in [0.4, 0.5) is 0 Å². The van der Waals surface area contributed by atoms with Crippen LogP contribution >= 0.6 is 0 Å². The van der Waals surface area contributed by atoms with E-state index in [1.54, 1.807) is 12.1 Å². The highest BCUT2D eigenvalue weighted by molar-refractivity contribution is 7.89. The number of primary sulfonamides is 1. The molecule has 0 bridgehead atoms. The summed E-state index contributed by atoms with van der Waals surface area (Å²) in [6.07, 6.45) is 0. The van der Waals surface area contributed by atoms with Crippen molar-refractivity contribution in [2.24, 2.45) is 15.9 Å². The Bertz CT molecular complexity index is 574. The number of nitrogens with two attached hydrogens (primary N) is 2. The van der Waals surface area contributed by atoms with E-state index in [2.05, 4.69) is 10.3 Å². The van der Waals surface area contributed by atoms with Crippen LogP contribution in [0.2, 0.25) is 0 Å². The second-order valence-corrected chi connectivity index (χ2v) is 6.83. The van der Waals surface area contributed by atoms with Crippen LogP contribution in [-0.2, 0) is 16.6 Å². The third-order valence-corrected chi connectivity index (χ3v) is 3.07. The van der Waals surface area contributed by atoms with Gasteiger partial charge in [0, 0.05) is 5.54 Å². The van der Waals surface area contributed by atoms with Crippen molar-refractivity contribution in [3.8, 4) is 0 Å². The maximum absolute atomic E-state index is 11.2. The van der Waals surface area contributed by atoms with Crippen LogP contribution in [0.15, 0.2) is 34.2 Å². The van der Waals surface area contributed by atoms with Gasteiger partial charge < -0.3 is 11.1 Å². The molecule has 0 radical (unpaired) electrons. The normalized spacial score (nSPS) is 13.4. The molecule has 7 heteroatoms. The number of hydrogen-bond donors (Lipinski definition) is 3. The Balaban J connectivity index is 2.82.